The van der Waals surface area contributed by atoms with Gasteiger partial charge in [-0.25, -0.2) is 0 Å². The third kappa shape index (κ3) is 2.48. The molecule has 0 saturated carbocycles. The van der Waals surface area contributed by atoms with Crippen LogP contribution in [0, 0.1) is 11.3 Å². The summed E-state index contributed by atoms with van der Waals surface area (Å²) in [5, 5.41) is 17.0. The molecule has 0 bridgehead atoms. The first-order chi connectivity index (χ1) is 14.8. The van der Waals surface area contributed by atoms with Gasteiger partial charge >= 0.3 is 0 Å². The highest BCUT2D eigenvalue weighted by atomic mass is 14.2. The minimum Gasteiger partial charge on any atom is -0.192 e. The van der Waals surface area contributed by atoms with E-state index in [1.54, 1.807) is 0 Å². The Morgan fingerprint density at radius 1 is 0.500 bits per heavy atom. The zero-order valence-electron chi connectivity index (χ0n) is 16.3. The fraction of sp³-hybridized carbons (Fsp3) is 0. The Bertz CT molecular complexity index is 1590. The number of nitriles is 1. The average molecular weight is 379 g/mol. The maximum Gasteiger partial charge on any atom is 0.0991 e. The second-order valence-electron chi connectivity index (χ2n) is 7.74. The number of benzene rings is 6. The standard InChI is InChI=1S/C29H17N/c30-18-19-4-1-7-23(16-19)24-8-3-9-25(17-24)26-14-12-22-11-10-20-5-2-6-21-13-15-27(26)29(22)28(20)21/h1-17H. The summed E-state index contributed by atoms with van der Waals surface area (Å²) in [6.07, 6.45) is 0. The first-order valence-electron chi connectivity index (χ1n) is 10.1. The van der Waals surface area contributed by atoms with Crippen molar-refractivity contribution in [1.29, 1.82) is 5.26 Å². The maximum absolute atomic E-state index is 9.24. The number of hydrogen-bond donors (Lipinski definition) is 0. The lowest BCUT2D eigenvalue weighted by atomic mass is 9.89. The van der Waals surface area contributed by atoms with E-state index in [0.717, 1.165) is 11.1 Å². The molecule has 0 radical (unpaired) electrons. The highest BCUT2D eigenvalue weighted by molar-refractivity contribution is 6.25. The van der Waals surface area contributed by atoms with Crippen molar-refractivity contribution in [3.8, 4) is 28.3 Å². The van der Waals surface area contributed by atoms with Crippen LogP contribution in [0.5, 0.6) is 0 Å². The topological polar surface area (TPSA) is 23.8 Å². The minimum atomic E-state index is 0.681. The van der Waals surface area contributed by atoms with Crippen LogP contribution in [0.15, 0.2) is 103 Å². The summed E-state index contributed by atoms with van der Waals surface area (Å²) in [5.41, 5.74) is 5.29. The second kappa shape index (κ2) is 6.44. The van der Waals surface area contributed by atoms with Gasteiger partial charge in [0.15, 0.2) is 0 Å². The van der Waals surface area contributed by atoms with Crippen LogP contribution < -0.4 is 0 Å². The molecule has 0 aliphatic rings. The Morgan fingerprint density at radius 2 is 1.10 bits per heavy atom. The quantitative estimate of drug-likeness (QED) is 0.282. The summed E-state index contributed by atoms with van der Waals surface area (Å²) < 4.78 is 0. The van der Waals surface area contributed by atoms with Gasteiger partial charge in [0.1, 0.15) is 0 Å². The van der Waals surface area contributed by atoms with E-state index in [1.807, 2.05) is 18.2 Å². The Morgan fingerprint density at radius 3 is 1.90 bits per heavy atom. The highest BCUT2D eigenvalue weighted by Gasteiger charge is 2.12. The van der Waals surface area contributed by atoms with E-state index in [0.29, 0.717) is 5.56 Å². The van der Waals surface area contributed by atoms with Gasteiger partial charge in [0.2, 0.25) is 0 Å². The molecule has 0 unspecified atom stereocenters. The maximum atomic E-state index is 9.24. The summed E-state index contributed by atoms with van der Waals surface area (Å²) >= 11 is 0. The molecular weight excluding hydrogens is 362 g/mol. The molecule has 0 heterocycles. The van der Waals surface area contributed by atoms with Gasteiger partial charge in [0.05, 0.1) is 11.6 Å². The predicted octanol–water partition coefficient (Wildman–Crippen LogP) is 7.79. The van der Waals surface area contributed by atoms with Crippen LogP contribution >= 0.6 is 0 Å². The van der Waals surface area contributed by atoms with Gasteiger partial charge in [-0.15, -0.1) is 0 Å². The summed E-state index contributed by atoms with van der Waals surface area (Å²) in [7, 11) is 0. The van der Waals surface area contributed by atoms with Gasteiger partial charge in [-0.3, -0.25) is 0 Å². The Balaban J connectivity index is 1.61. The minimum absolute atomic E-state index is 0.681. The van der Waals surface area contributed by atoms with E-state index in [-0.39, 0.29) is 0 Å². The molecule has 30 heavy (non-hydrogen) atoms. The normalized spacial score (nSPS) is 11.3. The van der Waals surface area contributed by atoms with Crippen LogP contribution in [0.4, 0.5) is 0 Å². The van der Waals surface area contributed by atoms with Crippen LogP contribution in [0.1, 0.15) is 5.56 Å². The van der Waals surface area contributed by atoms with Crippen molar-refractivity contribution >= 4 is 32.3 Å². The molecule has 0 aliphatic heterocycles. The molecule has 0 N–H and O–H groups in total. The lowest BCUT2D eigenvalue weighted by molar-refractivity contribution is 1.48. The number of hydrogen-bond acceptors (Lipinski definition) is 1. The molecule has 1 nitrogen and oxygen atoms in total. The van der Waals surface area contributed by atoms with E-state index in [1.165, 1.54) is 43.4 Å². The largest absolute Gasteiger partial charge is 0.192 e. The van der Waals surface area contributed by atoms with Crippen LogP contribution in [-0.2, 0) is 0 Å². The van der Waals surface area contributed by atoms with Gasteiger partial charge < -0.3 is 0 Å². The third-order valence-electron chi connectivity index (χ3n) is 6.03. The monoisotopic (exact) mass is 379 g/mol. The zero-order chi connectivity index (χ0) is 20.1. The van der Waals surface area contributed by atoms with Gasteiger partial charge in [-0.1, -0.05) is 84.9 Å². The molecule has 0 saturated heterocycles. The van der Waals surface area contributed by atoms with Crippen molar-refractivity contribution in [2.45, 2.75) is 0 Å². The Hall–Kier alpha value is -4.15. The van der Waals surface area contributed by atoms with E-state index in [4.69, 9.17) is 0 Å². The lowest BCUT2D eigenvalue weighted by Crippen LogP contribution is -1.88. The molecule has 0 aromatic heterocycles. The predicted molar refractivity (Wildman–Crippen MR) is 126 cm³/mol. The molecule has 6 rings (SSSR count). The summed E-state index contributed by atoms with van der Waals surface area (Å²) in [6.45, 7) is 0. The average Bonchev–Trinajstić information content (AvgIpc) is 2.82. The molecule has 0 spiro atoms. The lowest BCUT2D eigenvalue weighted by Gasteiger charge is -2.14. The van der Waals surface area contributed by atoms with Crippen molar-refractivity contribution in [2.75, 3.05) is 0 Å². The van der Waals surface area contributed by atoms with Gasteiger partial charge in [-0.05, 0) is 72.8 Å². The highest BCUT2D eigenvalue weighted by Crippen LogP contribution is 2.39. The number of rotatable bonds is 2. The Kier molecular flexibility index (Phi) is 3.60. The van der Waals surface area contributed by atoms with Crippen LogP contribution in [-0.4, -0.2) is 0 Å². The fourth-order valence-corrected chi connectivity index (χ4v) is 4.62. The number of nitrogens with zero attached hydrogens (tertiary/aromatic N) is 1. The van der Waals surface area contributed by atoms with Crippen LogP contribution in [0.25, 0.3) is 54.6 Å². The molecule has 0 atom stereocenters. The third-order valence-corrected chi connectivity index (χ3v) is 6.03. The summed E-state index contributed by atoms with van der Waals surface area (Å²) in [6, 6.07) is 38.5. The molecule has 1 heteroatoms. The van der Waals surface area contributed by atoms with E-state index in [2.05, 4.69) is 91.0 Å². The van der Waals surface area contributed by atoms with Crippen molar-refractivity contribution in [3.63, 3.8) is 0 Å². The van der Waals surface area contributed by atoms with Crippen molar-refractivity contribution < 1.29 is 0 Å². The van der Waals surface area contributed by atoms with Crippen LogP contribution in [0.2, 0.25) is 0 Å². The first kappa shape index (κ1) is 16.8. The second-order valence-corrected chi connectivity index (χ2v) is 7.74. The van der Waals surface area contributed by atoms with Crippen molar-refractivity contribution in [1.82, 2.24) is 0 Å². The molecular formula is C29H17N. The van der Waals surface area contributed by atoms with Gasteiger partial charge in [-0.2, -0.15) is 5.26 Å². The Labute approximate surface area is 174 Å². The fourth-order valence-electron chi connectivity index (χ4n) is 4.62. The van der Waals surface area contributed by atoms with Crippen molar-refractivity contribution in [2.24, 2.45) is 0 Å². The van der Waals surface area contributed by atoms with Crippen LogP contribution in [0.3, 0.4) is 0 Å². The molecule has 0 fully saturated rings. The molecule has 6 aromatic carbocycles. The first-order valence-corrected chi connectivity index (χ1v) is 10.1. The zero-order valence-corrected chi connectivity index (χ0v) is 16.3. The SMILES string of the molecule is N#Cc1cccc(-c2cccc(-c3ccc4ccc5cccc6ccc3c4c56)c2)c1. The molecule has 6 aromatic rings. The van der Waals surface area contributed by atoms with E-state index >= 15 is 0 Å². The summed E-state index contributed by atoms with van der Waals surface area (Å²) in [5.74, 6) is 0. The molecule has 138 valence electrons. The van der Waals surface area contributed by atoms with Gasteiger partial charge in [0.25, 0.3) is 0 Å². The van der Waals surface area contributed by atoms with Gasteiger partial charge in [0, 0.05) is 0 Å². The smallest absolute Gasteiger partial charge is 0.0991 e. The molecule has 0 amide bonds. The van der Waals surface area contributed by atoms with E-state index in [9.17, 15) is 5.26 Å². The molecule has 0 aliphatic carbocycles. The van der Waals surface area contributed by atoms with Crippen molar-refractivity contribution in [3.05, 3.63) is 109 Å². The summed E-state index contributed by atoms with van der Waals surface area (Å²) in [4.78, 5) is 0. The van der Waals surface area contributed by atoms with E-state index < -0.39 is 0 Å².